The molecule has 198 valence electrons. The van der Waals surface area contributed by atoms with Crippen LogP contribution in [0.15, 0.2) is 42.6 Å². The maximum atomic E-state index is 14.2. The molecule has 0 radical (unpaired) electrons. The Balaban J connectivity index is 1.51. The fraction of sp³-hybridized carbons (Fsp3) is 0.414. The van der Waals surface area contributed by atoms with Crippen molar-refractivity contribution < 1.29 is 18.7 Å². The van der Waals surface area contributed by atoms with E-state index in [1.54, 1.807) is 4.90 Å². The van der Waals surface area contributed by atoms with Gasteiger partial charge < -0.3 is 14.6 Å². The molecule has 2 fully saturated rings. The summed E-state index contributed by atoms with van der Waals surface area (Å²) in [6.45, 7) is 2.03. The first-order valence-corrected chi connectivity index (χ1v) is 13.3. The van der Waals surface area contributed by atoms with Gasteiger partial charge in [0.2, 0.25) is 5.91 Å². The molecule has 0 bridgehead atoms. The number of anilines is 1. The monoisotopic (exact) mass is 519 g/mol. The molecule has 4 aromatic rings. The molecule has 38 heavy (non-hydrogen) atoms. The van der Waals surface area contributed by atoms with E-state index < -0.39 is 17.7 Å². The number of rotatable bonds is 4. The highest BCUT2D eigenvalue weighted by atomic mass is 19.2. The average molecular weight is 520 g/mol. The fourth-order valence-electron chi connectivity index (χ4n) is 6.24. The smallest absolute Gasteiger partial charge is 0.227 e. The molecule has 0 spiro atoms. The van der Waals surface area contributed by atoms with Gasteiger partial charge in [-0.2, -0.15) is 5.10 Å². The summed E-state index contributed by atoms with van der Waals surface area (Å²) in [5.74, 6) is -1.31. The van der Waals surface area contributed by atoms with Gasteiger partial charge in [0, 0.05) is 36.8 Å². The van der Waals surface area contributed by atoms with Crippen molar-refractivity contribution >= 4 is 22.6 Å². The number of hydrogen-bond donors (Lipinski definition) is 1. The predicted octanol–water partition coefficient (Wildman–Crippen LogP) is 5.76. The Labute approximate surface area is 219 Å². The van der Waals surface area contributed by atoms with Crippen LogP contribution in [0.25, 0.3) is 22.3 Å². The summed E-state index contributed by atoms with van der Waals surface area (Å²) in [5.41, 5.74) is 5.20. The Morgan fingerprint density at radius 3 is 2.50 bits per heavy atom. The molecule has 1 aliphatic carbocycles. The van der Waals surface area contributed by atoms with E-state index in [2.05, 4.69) is 27.9 Å². The molecule has 0 unspecified atom stereocenters. The van der Waals surface area contributed by atoms with Gasteiger partial charge in [0.25, 0.3) is 0 Å². The Morgan fingerprint density at radius 1 is 1.00 bits per heavy atom. The van der Waals surface area contributed by atoms with E-state index in [0.29, 0.717) is 37.8 Å². The molecule has 2 aliphatic rings. The van der Waals surface area contributed by atoms with Crippen LogP contribution < -0.4 is 4.90 Å². The number of fused-ring (bicyclic) bond motifs is 1. The molecule has 1 saturated heterocycles. The number of piperidine rings is 1. The molecule has 1 saturated carbocycles. The minimum absolute atomic E-state index is 0.117. The number of imidazole rings is 1. The zero-order chi connectivity index (χ0) is 26.6. The van der Waals surface area contributed by atoms with Crippen molar-refractivity contribution in [1.82, 2.24) is 19.3 Å². The molecule has 1 N–H and O–H groups in total. The number of hydrogen-bond acceptors (Lipinski definition) is 4. The predicted molar refractivity (Wildman–Crippen MR) is 141 cm³/mol. The van der Waals surface area contributed by atoms with Crippen LogP contribution in [0, 0.1) is 18.6 Å². The van der Waals surface area contributed by atoms with Crippen molar-refractivity contribution in [2.45, 2.75) is 70.1 Å². The van der Waals surface area contributed by atoms with Crippen molar-refractivity contribution in [1.29, 1.82) is 0 Å². The van der Waals surface area contributed by atoms with Gasteiger partial charge in [-0.05, 0) is 75.3 Å². The molecule has 3 heterocycles. The molecule has 1 aliphatic heterocycles. The lowest BCUT2D eigenvalue weighted by molar-refractivity contribution is -0.120. The Kier molecular flexibility index (Phi) is 6.26. The van der Waals surface area contributed by atoms with Crippen molar-refractivity contribution in [3.8, 4) is 11.3 Å². The molecular weight excluding hydrogens is 488 g/mol. The van der Waals surface area contributed by atoms with Gasteiger partial charge in [-0.25, -0.2) is 13.8 Å². The average Bonchev–Trinajstić information content (AvgIpc) is 3.45. The quantitative estimate of drug-likeness (QED) is 0.372. The van der Waals surface area contributed by atoms with Crippen molar-refractivity contribution in [2.24, 2.45) is 7.05 Å². The maximum Gasteiger partial charge on any atom is 0.227 e. The molecule has 1 amide bonds. The van der Waals surface area contributed by atoms with E-state index in [9.17, 15) is 18.7 Å². The molecular formula is C29H31F2N5O2. The number of benzene rings is 2. The number of aliphatic hydroxyl groups is 1. The van der Waals surface area contributed by atoms with E-state index in [1.807, 2.05) is 24.9 Å². The maximum absolute atomic E-state index is 14.2. The lowest BCUT2D eigenvalue weighted by Gasteiger charge is -2.37. The number of aromatic nitrogens is 4. The lowest BCUT2D eigenvalue weighted by atomic mass is 9.92. The van der Waals surface area contributed by atoms with Crippen LogP contribution in [0.4, 0.5) is 14.5 Å². The van der Waals surface area contributed by atoms with Crippen molar-refractivity contribution in [3.63, 3.8) is 0 Å². The second-order valence-corrected chi connectivity index (χ2v) is 10.6. The van der Waals surface area contributed by atoms with Gasteiger partial charge in [-0.15, -0.1) is 0 Å². The van der Waals surface area contributed by atoms with Gasteiger partial charge in [-0.3, -0.25) is 9.48 Å². The number of nitrogens with zero attached hydrogens (tertiary/aromatic N) is 5. The molecule has 9 heteroatoms. The van der Waals surface area contributed by atoms with Gasteiger partial charge >= 0.3 is 0 Å². The number of carbonyl (C=O) groups excluding carboxylic acids is 1. The first kappa shape index (κ1) is 24.7. The van der Waals surface area contributed by atoms with E-state index in [-0.39, 0.29) is 18.1 Å². The second-order valence-electron chi connectivity index (χ2n) is 10.6. The van der Waals surface area contributed by atoms with Gasteiger partial charge in [0.05, 0.1) is 35.1 Å². The number of aryl methyl sites for hydroxylation is 2. The van der Waals surface area contributed by atoms with Crippen LogP contribution in [0.5, 0.6) is 0 Å². The third kappa shape index (κ3) is 4.18. The molecule has 2 aromatic carbocycles. The second kappa shape index (κ2) is 9.62. The summed E-state index contributed by atoms with van der Waals surface area (Å²) in [6.07, 6.45) is 6.23. The Morgan fingerprint density at radius 2 is 1.79 bits per heavy atom. The van der Waals surface area contributed by atoms with Crippen LogP contribution in [0.3, 0.4) is 0 Å². The molecule has 6 rings (SSSR count). The minimum Gasteiger partial charge on any atom is -0.393 e. The van der Waals surface area contributed by atoms with Crippen LogP contribution >= 0.6 is 0 Å². The zero-order valence-corrected chi connectivity index (χ0v) is 21.6. The molecule has 7 nitrogen and oxygen atoms in total. The van der Waals surface area contributed by atoms with Crippen LogP contribution in [-0.2, 0) is 11.8 Å². The Bertz CT molecular complexity index is 1500. The summed E-state index contributed by atoms with van der Waals surface area (Å²) in [7, 11) is 1.91. The summed E-state index contributed by atoms with van der Waals surface area (Å²) in [4.78, 5) is 19.9. The highest BCUT2D eigenvalue weighted by Crippen LogP contribution is 2.41. The SMILES string of the molecule is Cc1cnn(C)c1-c1ccc2c(c1)nc([C@@H]1CCCC(=O)N1c1ccc(F)c(F)c1)n2C1CCC(O)CC1. The van der Waals surface area contributed by atoms with Crippen molar-refractivity contribution in [2.75, 3.05) is 4.90 Å². The van der Waals surface area contributed by atoms with E-state index in [4.69, 9.17) is 4.98 Å². The fourth-order valence-corrected chi connectivity index (χ4v) is 6.24. The first-order valence-electron chi connectivity index (χ1n) is 13.3. The van der Waals surface area contributed by atoms with Gasteiger partial charge in [0.1, 0.15) is 5.82 Å². The largest absolute Gasteiger partial charge is 0.393 e. The third-order valence-corrected chi connectivity index (χ3v) is 8.07. The minimum atomic E-state index is -0.981. The zero-order valence-electron chi connectivity index (χ0n) is 21.6. The number of carbonyl (C=O) groups is 1. The van der Waals surface area contributed by atoms with Crippen molar-refractivity contribution in [3.05, 3.63) is 65.6 Å². The summed E-state index contributed by atoms with van der Waals surface area (Å²) in [6, 6.07) is 9.53. The van der Waals surface area contributed by atoms with Gasteiger partial charge in [0.15, 0.2) is 11.6 Å². The van der Waals surface area contributed by atoms with Crippen LogP contribution in [0.1, 0.15) is 68.4 Å². The summed E-state index contributed by atoms with van der Waals surface area (Å²) >= 11 is 0. The van der Waals surface area contributed by atoms with E-state index in [1.165, 1.54) is 6.07 Å². The first-order chi connectivity index (χ1) is 18.3. The molecule has 2 aromatic heterocycles. The highest BCUT2D eigenvalue weighted by molar-refractivity contribution is 5.95. The standard InChI is InChI=1S/C29H31F2N5O2/c1-17-16-32-34(2)28(17)18-6-13-25-24(14-18)33-29(36(25)19-7-10-21(37)11-8-19)26-4-3-5-27(38)35(26)20-9-12-22(30)23(31)15-20/h6,9,12-16,19,21,26,37H,3-5,7-8,10-11H2,1-2H3/t19?,21?,26-/m0/s1. The topological polar surface area (TPSA) is 76.2 Å². The van der Waals surface area contributed by atoms with E-state index in [0.717, 1.165) is 58.7 Å². The van der Waals surface area contributed by atoms with Gasteiger partial charge in [-0.1, -0.05) is 6.07 Å². The lowest BCUT2D eigenvalue weighted by Crippen LogP contribution is -2.40. The number of aliphatic hydroxyl groups excluding tert-OH is 1. The van der Waals surface area contributed by atoms with Crippen LogP contribution in [-0.4, -0.2) is 36.4 Å². The summed E-state index contributed by atoms with van der Waals surface area (Å²) in [5, 5.41) is 14.6. The third-order valence-electron chi connectivity index (χ3n) is 8.07. The number of halogens is 2. The van der Waals surface area contributed by atoms with E-state index >= 15 is 0 Å². The normalized spacial score (nSPS) is 22.4. The highest BCUT2D eigenvalue weighted by Gasteiger charge is 2.36. The summed E-state index contributed by atoms with van der Waals surface area (Å²) < 4.78 is 32.1. The molecule has 1 atom stereocenters. The Hall–Kier alpha value is -3.59. The number of amides is 1. The van der Waals surface area contributed by atoms with Crippen LogP contribution in [0.2, 0.25) is 0 Å².